The van der Waals surface area contributed by atoms with E-state index >= 15 is 0 Å². The van der Waals surface area contributed by atoms with Gasteiger partial charge in [0, 0.05) is 52.7 Å². The average molecular weight is 499 g/mol. The van der Waals surface area contributed by atoms with Crippen molar-refractivity contribution < 1.29 is 14.3 Å². The number of aliphatic imine (C=N–C) groups is 1. The fourth-order valence-corrected chi connectivity index (χ4v) is 3.91. The SMILES string of the molecule is COc1ccc2c(CCN=C(NC(=O)/C=C/c3ccccc3OC)Nc3nc(C)cc(C)n3)c[nH]c2c1. The molecule has 2 aromatic heterocycles. The Balaban J connectivity index is 1.51. The third-order valence-electron chi connectivity index (χ3n) is 5.63. The second-order valence-electron chi connectivity index (χ2n) is 8.37. The van der Waals surface area contributed by atoms with Gasteiger partial charge in [-0.1, -0.05) is 18.2 Å². The van der Waals surface area contributed by atoms with E-state index in [4.69, 9.17) is 9.47 Å². The predicted molar refractivity (Wildman–Crippen MR) is 146 cm³/mol. The Bertz CT molecular complexity index is 1440. The second-order valence-corrected chi connectivity index (χ2v) is 8.37. The van der Waals surface area contributed by atoms with E-state index < -0.39 is 0 Å². The van der Waals surface area contributed by atoms with Crippen LogP contribution in [-0.4, -0.2) is 47.6 Å². The van der Waals surface area contributed by atoms with Crippen LogP contribution in [0.15, 0.2) is 65.8 Å². The molecule has 0 aliphatic heterocycles. The van der Waals surface area contributed by atoms with Crippen LogP contribution in [0.3, 0.4) is 0 Å². The van der Waals surface area contributed by atoms with Crippen LogP contribution in [0.2, 0.25) is 0 Å². The number of hydrogen-bond acceptors (Lipinski definition) is 6. The van der Waals surface area contributed by atoms with Crippen LogP contribution >= 0.6 is 0 Å². The Labute approximate surface area is 215 Å². The molecule has 0 saturated heterocycles. The van der Waals surface area contributed by atoms with E-state index in [0.29, 0.717) is 24.7 Å². The van der Waals surface area contributed by atoms with E-state index in [1.54, 1.807) is 20.3 Å². The summed E-state index contributed by atoms with van der Waals surface area (Å²) in [5.41, 5.74) is 4.53. The second kappa shape index (κ2) is 11.9. The Kier molecular flexibility index (Phi) is 8.15. The number of fused-ring (bicyclic) bond motifs is 1. The molecule has 3 N–H and O–H groups in total. The maximum atomic E-state index is 12.8. The van der Waals surface area contributed by atoms with E-state index in [9.17, 15) is 4.79 Å². The lowest BCUT2D eigenvalue weighted by Crippen LogP contribution is -2.35. The first-order chi connectivity index (χ1) is 17.9. The molecule has 0 aliphatic carbocycles. The third kappa shape index (κ3) is 6.72. The van der Waals surface area contributed by atoms with E-state index in [1.165, 1.54) is 6.08 Å². The Morgan fingerprint density at radius 2 is 1.84 bits per heavy atom. The Morgan fingerprint density at radius 3 is 2.59 bits per heavy atom. The maximum absolute atomic E-state index is 12.8. The number of ether oxygens (including phenoxy) is 2. The van der Waals surface area contributed by atoms with Crippen molar-refractivity contribution in [2.45, 2.75) is 20.3 Å². The summed E-state index contributed by atoms with van der Waals surface area (Å²) in [5, 5.41) is 6.97. The van der Waals surface area contributed by atoms with Gasteiger partial charge in [0.05, 0.1) is 14.2 Å². The number of aryl methyl sites for hydroxylation is 2. The number of methoxy groups -OCH3 is 2. The summed E-state index contributed by atoms with van der Waals surface area (Å²) in [7, 11) is 3.24. The van der Waals surface area contributed by atoms with Gasteiger partial charge in [0.25, 0.3) is 5.91 Å². The van der Waals surface area contributed by atoms with Crippen molar-refractivity contribution in [1.29, 1.82) is 0 Å². The molecule has 9 heteroatoms. The summed E-state index contributed by atoms with van der Waals surface area (Å²) < 4.78 is 10.6. The average Bonchev–Trinajstić information content (AvgIpc) is 3.29. The lowest BCUT2D eigenvalue weighted by Gasteiger charge is -2.10. The van der Waals surface area contributed by atoms with Crippen LogP contribution in [-0.2, 0) is 11.2 Å². The van der Waals surface area contributed by atoms with Crippen LogP contribution in [0.5, 0.6) is 11.5 Å². The standard InChI is InChI=1S/C28H30N6O3/c1-18-15-19(2)32-28(31-18)34-27(33-26(35)12-9-20-7-5-6-8-25(20)37-4)29-14-13-21-17-30-24-16-22(36-3)10-11-23(21)24/h5-12,15-17,30H,13-14H2,1-4H3,(H2,29,31,32,33,34,35)/b12-9+. The van der Waals surface area contributed by atoms with E-state index in [2.05, 4.69) is 30.6 Å². The molecule has 4 rings (SSSR count). The van der Waals surface area contributed by atoms with Crippen LogP contribution in [0.25, 0.3) is 17.0 Å². The van der Waals surface area contributed by atoms with Gasteiger partial charge in [-0.3, -0.25) is 20.4 Å². The molecule has 0 saturated carbocycles. The van der Waals surface area contributed by atoms with Crippen molar-refractivity contribution in [2.24, 2.45) is 4.99 Å². The van der Waals surface area contributed by atoms with Crippen molar-refractivity contribution in [1.82, 2.24) is 20.3 Å². The van der Waals surface area contributed by atoms with Crippen molar-refractivity contribution >= 4 is 34.8 Å². The predicted octanol–water partition coefficient (Wildman–Crippen LogP) is 4.43. The van der Waals surface area contributed by atoms with Gasteiger partial charge < -0.3 is 14.5 Å². The highest BCUT2D eigenvalue weighted by atomic mass is 16.5. The van der Waals surface area contributed by atoms with Crippen molar-refractivity contribution in [3.8, 4) is 11.5 Å². The van der Waals surface area contributed by atoms with Gasteiger partial charge in [0.1, 0.15) is 11.5 Å². The minimum absolute atomic E-state index is 0.265. The molecule has 0 bridgehead atoms. The zero-order chi connectivity index (χ0) is 26.2. The fourth-order valence-electron chi connectivity index (χ4n) is 3.91. The quantitative estimate of drug-likeness (QED) is 0.188. The molecule has 0 spiro atoms. The van der Waals surface area contributed by atoms with Crippen LogP contribution < -0.4 is 20.1 Å². The normalized spacial score (nSPS) is 11.6. The highest BCUT2D eigenvalue weighted by Gasteiger charge is 2.09. The van der Waals surface area contributed by atoms with Crippen LogP contribution in [0.1, 0.15) is 22.5 Å². The van der Waals surface area contributed by atoms with Crippen molar-refractivity contribution in [3.05, 3.63) is 83.3 Å². The molecule has 1 amide bonds. The Morgan fingerprint density at radius 1 is 1.05 bits per heavy atom. The van der Waals surface area contributed by atoms with Gasteiger partial charge in [-0.05, 0) is 56.2 Å². The highest BCUT2D eigenvalue weighted by Crippen LogP contribution is 2.23. The smallest absolute Gasteiger partial charge is 0.250 e. The monoisotopic (exact) mass is 498 g/mol. The molecule has 2 aromatic carbocycles. The fraction of sp³-hybridized carbons (Fsp3) is 0.214. The number of nitrogens with one attached hydrogen (secondary N) is 3. The van der Waals surface area contributed by atoms with E-state index in [0.717, 1.165) is 39.2 Å². The zero-order valence-electron chi connectivity index (χ0n) is 21.3. The molecule has 2 heterocycles. The molecule has 0 aliphatic rings. The Hall–Kier alpha value is -4.66. The van der Waals surface area contributed by atoms with E-state index in [-0.39, 0.29) is 11.9 Å². The number of carbonyl (C=O) groups excluding carboxylic acids is 1. The third-order valence-corrected chi connectivity index (χ3v) is 5.63. The lowest BCUT2D eigenvalue weighted by atomic mass is 10.1. The number of hydrogen-bond donors (Lipinski definition) is 3. The number of H-pyrrole nitrogens is 1. The van der Waals surface area contributed by atoms with Gasteiger partial charge in [-0.2, -0.15) is 0 Å². The number of benzene rings is 2. The first-order valence-electron chi connectivity index (χ1n) is 11.8. The number of anilines is 1. The number of amides is 1. The largest absolute Gasteiger partial charge is 0.497 e. The van der Waals surface area contributed by atoms with Gasteiger partial charge in [-0.15, -0.1) is 0 Å². The minimum Gasteiger partial charge on any atom is -0.497 e. The number of guanidine groups is 1. The number of aromatic nitrogens is 3. The molecule has 0 unspecified atom stereocenters. The van der Waals surface area contributed by atoms with E-state index in [1.807, 2.05) is 68.6 Å². The van der Waals surface area contributed by atoms with Gasteiger partial charge in [0.2, 0.25) is 11.9 Å². The van der Waals surface area contributed by atoms with Gasteiger partial charge in [-0.25, -0.2) is 9.97 Å². The molecule has 190 valence electrons. The summed E-state index contributed by atoms with van der Waals surface area (Å²) in [6, 6.07) is 15.3. The van der Waals surface area contributed by atoms with Gasteiger partial charge in [0.15, 0.2) is 0 Å². The number of aromatic amines is 1. The number of para-hydroxylation sites is 1. The zero-order valence-corrected chi connectivity index (χ0v) is 21.3. The first kappa shape index (κ1) is 25.4. The van der Waals surface area contributed by atoms with Crippen molar-refractivity contribution in [3.63, 3.8) is 0 Å². The molecule has 4 aromatic rings. The maximum Gasteiger partial charge on any atom is 0.250 e. The first-order valence-corrected chi connectivity index (χ1v) is 11.8. The molecular weight excluding hydrogens is 468 g/mol. The van der Waals surface area contributed by atoms with Gasteiger partial charge >= 0.3 is 0 Å². The summed E-state index contributed by atoms with van der Waals surface area (Å²) in [6.45, 7) is 4.21. The molecule has 0 atom stereocenters. The molecule has 37 heavy (non-hydrogen) atoms. The summed E-state index contributed by atoms with van der Waals surface area (Å²) in [6.07, 6.45) is 5.76. The lowest BCUT2D eigenvalue weighted by molar-refractivity contribution is -0.115. The molecule has 0 radical (unpaired) electrons. The molecule has 0 fully saturated rings. The summed E-state index contributed by atoms with van der Waals surface area (Å²) in [4.78, 5) is 29.5. The number of nitrogens with zero attached hydrogens (tertiary/aromatic N) is 3. The topological polar surface area (TPSA) is 114 Å². The molecular formula is C28H30N6O3. The summed E-state index contributed by atoms with van der Waals surface area (Å²) >= 11 is 0. The minimum atomic E-state index is -0.347. The van der Waals surface area contributed by atoms with Crippen LogP contribution in [0.4, 0.5) is 5.95 Å². The van der Waals surface area contributed by atoms with Crippen molar-refractivity contribution in [2.75, 3.05) is 26.1 Å². The summed E-state index contributed by atoms with van der Waals surface area (Å²) in [5.74, 6) is 1.76. The number of carbonyl (C=O) groups is 1. The number of rotatable bonds is 8. The van der Waals surface area contributed by atoms with Crippen LogP contribution in [0, 0.1) is 13.8 Å². The molecule has 9 nitrogen and oxygen atoms in total. The highest BCUT2D eigenvalue weighted by molar-refractivity contribution is 6.08.